The summed E-state index contributed by atoms with van der Waals surface area (Å²) in [5.74, 6) is -1.18. The molecule has 1 aromatic heterocycles. The monoisotopic (exact) mass is 184 g/mol. The summed E-state index contributed by atoms with van der Waals surface area (Å²) in [4.78, 5) is 20.9. The van der Waals surface area contributed by atoms with E-state index < -0.39 is 5.97 Å². The van der Waals surface area contributed by atoms with Crippen LogP contribution in [0, 0.1) is 0 Å². The number of aromatic carboxylic acids is 1. The van der Waals surface area contributed by atoms with Crippen molar-refractivity contribution in [2.45, 2.75) is 6.73 Å². The normalized spacial score (nSPS) is 9.92. The first-order chi connectivity index (χ1) is 6.19. The molecule has 0 saturated heterocycles. The number of rotatable bonds is 4. The van der Waals surface area contributed by atoms with Gasteiger partial charge in [0.15, 0.2) is 6.29 Å². The third kappa shape index (κ3) is 1.91. The Morgan fingerprint density at radius 3 is 2.92 bits per heavy atom. The SMILES string of the molecule is COCn1cc(C(=O)O)c(C=O)n1. The fourth-order valence-electron chi connectivity index (χ4n) is 0.887. The lowest BCUT2D eigenvalue weighted by Gasteiger charge is -1.95. The van der Waals surface area contributed by atoms with Crippen molar-refractivity contribution in [2.75, 3.05) is 7.11 Å². The van der Waals surface area contributed by atoms with Crippen LogP contribution in [0.1, 0.15) is 20.8 Å². The number of aromatic nitrogens is 2. The number of carbonyl (C=O) groups is 2. The van der Waals surface area contributed by atoms with Gasteiger partial charge in [-0.1, -0.05) is 0 Å². The van der Waals surface area contributed by atoms with Crippen LogP contribution in [-0.2, 0) is 11.5 Å². The van der Waals surface area contributed by atoms with E-state index in [0.29, 0.717) is 6.29 Å². The highest BCUT2D eigenvalue weighted by Gasteiger charge is 2.14. The van der Waals surface area contributed by atoms with E-state index >= 15 is 0 Å². The number of carbonyl (C=O) groups excluding carboxylic acids is 1. The predicted octanol–water partition coefficient (Wildman–Crippen LogP) is -0.00230. The van der Waals surface area contributed by atoms with E-state index in [2.05, 4.69) is 5.10 Å². The molecule has 1 aromatic rings. The Labute approximate surface area is 73.7 Å². The lowest BCUT2D eigenvalue weighted by Crippen LogP contribution is -2.00. The summed E-state index contributed by atoms with van der Waals surface area (Å²) in [6.45, 7) is 0.119. The van der Waals surface area contributed by atoms with Crippen LogP contribution in [0.5, 0.6) is 0 Å². The molecule has 0 fully saturated rings. The number of aldehydes is 1. The Bertz CT molecular complexity index is 331. The van der Waals surface area contributed by atoms with E-state index in [1.807, 2.05) is 0 Å². The van der Waals surface area contributed by atoms with Crippen molar-refractivity contribution < 1.29 is 19.4 Å². The molecule has 0 radical (unpaired) electrons. The molecule has 70 valence electrons. The van der Waals surface area contributed by atoms with Gasteiger partial charge in [0.1, 0.15) is 18.0 Å². The molecular formula is C7H8N2O4. The zero-order valence-corrected chi connectivity index (χ0v) is 6.93. The molecule has 0 aliphatic rings. The maximum Gasteiger partial charge on any atom is 0.339 e. The van der Waals surface area contributed by atoms with Gasteiger partial charge >= 0.3 is 5.97 Å². The van der Waals surface area contributed by atoms with Crippen LogP contribution in [0.4, 0.5) is 0 Å². The number of ether oxygens (including phenoxy) is 1. The molecule has 0 aliphatic heterocycles. The maximum atomic E-state index is 10.5. The molecule has 1 N–H and O–H groups in total. The van der Waals surface area contributed by atoms with Gasteiger partial charge < -0.3 is 9.84 Å². The molecule has 0 amide bonds. The Kier molecular flexibility index (Phi) is 2.76. The Morgan fingerprint density at radius 2 is 2.54 bits per heavy atom. The number of hydrogen-bond donors (Lipinski definition) is 1. The zero-order valence-electron chi connectivity index (χ0n) is 6.93. The number of nitrogens with zero attached hydrogens (tertiary/aromatic N) is 2. The van der Waals surface area contributed by atoms with Gasteiger partial charge in [-0.2, -0.15) is 5.10 Å². The zero-order chi connectivity index (χ0) is 9.84. The Hall–Kier alpha value is -1.69. The smallest absolute Gasteiger partial charge is 0.339 e. The number of carboxylic acid groups (broad SMARTS) is 1. The quantitative estimate of drug-likeness (QED) is 0.666. The lowest BCUT2D eigenvalue weighted by molar-refractivity contribution is 0.0693. The molecule has 0 spiro atoms. The molecule has 0 bridgehead atoms. The van der Waals surface area contributed by atoms with E-state index in [-0.39, 0.29) is 18.0 Å². The molecule has 0 atom stereocenters. The van der Waals surface area contributed by atoms with Gasteiger partial charge in [-0.3, -0.25) is 4.79 Å². The third-order valence-electron chi connectivity index (χ3n) is 1.39. The fourth-order valence-corrected chi connectivity index (χ4v) is 0.887. The van der Waals surface area contributed by atoms with Crippen LogP contribution in [0.15, 0.2) is 6.20 Å². The Balaban J connectivity index is 3.04. The summed E-state index contributed by atoms with van der Waals surface area (Å²) in [7, 11) is 1.45. The van der Waals surface area contributed by atoms with E-state index in [1.54, 1.807) is 0 Å². The minimum absolute atomic E-state index is 0.0930. The van der Waals surface area contributed by atoms with Gasteiger partial charge in [0.2, 0.25) is 0 Å². The van der Waals surface area contributed by atoms with Crippen molar-refractivity contribution in [1.82, 2.24) is 9.78 Å². The van der Waals surface area contributed by atoms with Crippen molar-refractivity contribution in [3.63, 3.8) is 0 Å². The molecule has 1 heterocycles. The van der Waals surface area contributed by atoms with Crippen molar-refractivity contribution in [3.8, 4) is 0 Å². The van der Waals surface area contributed by atoms with Crippen molar-refractivity contribution >= 4 is 12.3 Å². The standard InChI is InChI=1S/C7H8N2O4/c1-13-4-9-2-5(7(11)12)6(3-10)8-9/h2-3H,4H2,1H3,(H,11,12). The largest absolute Gasteiger partial charge is 0.478 e. The summed E-state index contributed by atoms with van der Waals surface area (Å²) in [5, 5.41) is 12.3. The second-order valence-electron chi connectivity index (χ2n) is 2.31. The van der Waals surface area contributed by atoms with Crippen LogP contribution in [0.25, 0.3) is 0 Å². The van der Waals surface area contributed by atoms with E-state index in [9.17, 15) is 9.59 Å². The Morgan fingerprint density at radius 1 is 1.85 bits per heavy atom. The highest BCUT2D eigenvalue weighted by atomic mass is 16.5. The molecule has 0 saturated carbocycles. The first-order valence-electron chi connectivity index (χ1n) is 3.44. The topological polar surface area (TPSA) is 81.4 Å². The summed E-state index contributed by atoms with van der Waals surface area (Å²) >= 11 is 0. The van der Waals surface area contributed by atoms with E-state index in [1.165, 1.54) is 18.0 Å². The van der Waals surface area contributed by atoms with Gasteiger partial charge in [0.05, 0.1) is 0 Å². The second-order valence-corrected chi connectivity index (χ2v) is 2.31. The maximum absolute atomic E-state index is 10.5. The summed E-state index contributed by atoms with van der Waals surface area (Å²) in [5.41, 5.74) is -0.211. The predicted molar refractivity (Wildman–Crippen MR) is 41.6 cm³/mol. The van der Waals surface area contributed by atoms with Crippen LogP contribution in [0.2, 0.25) is 0 Å². The lowest BCUT2D eigenvalue weighted by atomic mass is 10.3. The molecule has 1 rings (SSSR count). The summed E-state index contributed by atoms with van der Waals surface area (Å²) in [6.07, 6.45) is 1.64. The average Bonchev–Trinajstić information content (AvgIpc) is 2.48. The van der Waals surface area contributed by atoms with Crippen molar-refractivity contribution in [3.05, 3.63) is 17.5 Å². The average molecular weight is 184 g/mol. The molecular weight excluding hydrogens is 176 g/mol. The summed E-state index contributed by atoms with van der Waals surface area (Å²) < 4.78 is 5.96. The van der Waals surface area contributed by atoms with Crippen LogP contribution >= 0.6 is 0 Å². The molecule has 13 heavy (non-hydrogen) atoms. The van der Waals surface area contributed by atoms with Gasteiger partial charge in [-0.15, -0.1) is 0 Å². The van der Waals surface area contributed by atoms with Gasteiger partial charge in [0.25, 0.3) is 0 Å². The molecule has 0 aliphatic carbocycles. The van der Waals surface area contributed by atoms with E-state index in [4.69, 9.17) is 9.84 Å². The van der Waals surface area contributed by atoms with Crippen LogP contribution in [0.3, 0.4) is 0 Å². The molecule has 0 aromatic carbocycles. The van der Waals surface area contributed by atoms with Crippen molar-refractivity contribution in [2.24, 2.45) is 0 Å². The minimum atomic E-state index is -1.18. The van der Waals surface area contributed by atoms with Gasteiger partial charge in [0, 0.05) is 13.3 Å². The summed E-state index contributed by atoms with van der Waals surface area (Å²) in [6, 6.07) is 0. The highest BCUT2D eigenvalue weighted by molar-refractivity contribution is 5.95. The second kappa shape index (κ2) is 3.81. The third-order valence-corrected chi connectivity index (χ3v) is 1.39. The van der Waals surface area contributed by atoms with Crippen molar-refractivity contribution in [1.29, 1.82) is 0 Å². The van der Waals surface area contributed by atoms with Crippen LogP contribution < -0.4 is 0 Å². The number of hydrogen-bond acceptors (Lipinski definition) is 4. The van der Waals surface area contributed by atoms with Gasteiger partial charge in [-0.05, 0) is 0 Å². The highest BCUT2D eigenvalue weighted by Crippen LogP contribution is 2.04. The molecule has 0 unspecified atom stereocenters. The minimum Gasteiger partial charge on any atom is -0.478 e. The fraction of sp³-hybridized carbons (Fsp3) is 0.286. The number of carboxylic acids is 1. The van der Waals surface area contributed by atoms with Crippen LogP contribution in [-0.4, -0.2) is 34.3 Å². The van der Waals surface area contributed by atoms with E-state index in [0.717, 1.165) is 0 Å². The first-order valence-corrected chi connectivity index (χ1v) is 3.44. The number of methoxy groups -OCH3 is 1. The first kappa shape index (κ1) is 9.40. The molecule has 6 heteroatoms. The van der Waals surface area contributed by atoms with Gasteiger partial charge in [-0.25, -0.2) is 9.48 Å². The molecule has 6 nitrogen and oxygen atoms in total.